The van der Waals surface area contributed by atoms with Crippen molar-refractivity contribution in [3.05, 3.63) is 0 Å². The Morgan fingerprint density at radius 2 is 1.90 bits per heavy atom. The number of likely N-dealkylation sites (N-methyl/N-ethyl adjacent to an activating group) is 1. The molecule has 0 aliphatic heterocycles. The maximum absolute atomic E-state index is 11.5. The molecule has 0 aliphatic rings. The van der Waals surface area contributed by atoms with E-state index in [0.29, 0.717) is 6.04 Å². The molecule has 1 unspecified atom stereocenters. The van der Waals surface area contributed by atoms with Gasteiger partial charge in [0, 0.05) is 26.7 Å². The van der Waals surface area contributed by atoms with Crippen LogP contribution in [0, 0.1) is 0 Å². The molecular formula is C14H31IN4O. The smallest absolute Gasteiger partial charge is 0.243 e. The average molecular weight is 398 g/mol. The molecule has 2 N–H and O–H groups in total. The molecule has 20 heavy (non-hydrogen) atoms. The molecule has 120 valence electrons. The fraction of sp³-hybridized carbons (Fsp3) is 0.857. The molecule has 0 saturated carbocycles. The molecule has 0 spiro atoms. The summed E-state index contributed by atoms with van der Waals surface area (Å²) < 4.78 is 0. The molecule has 5 nitrogen and oxygen atoms in total. The first-order valence-corrected chi connectivity index (χ1v) is 7.26. The van der Waals surface area contributed by atoms with E-state index in [1.165, 1.54) is 19.3 Å². The molecule has 6 heteroatoms. The number of aliphatic imine (C=N–C) groups is 1. The van der Waals surface area contributed by atoms with E-state index in [4.69, 9.17) is 0 Å². The minimum absolute atomic E-state index is 0. The van der Waals surface area contributed by atoms with E-state index >= 15 is 0 Å². The van der Waals surface area contributed by atoms with E-state index in [0.717, 1.165) is 18.9 Å². The lowest BCUT2D eigenvalue weighted by Crippen LogP contribution is -2.42. The van der Waals surface area contributed by atoms with Crippen LogP contribution in [0.2, 0.25) is 0 Å². The van der Waals surface area contributed by atoms with Gasteiger partial charge in [0.05, 0.1) is 0 Å². The van der Waals surface area contributed by atoms with Crippen LogP contribution in [0.15, 0.2) is 4.99 Å². The number of amides is 1. The van der Waals surface area contributed by atoms with Crippen LogP contribution in [0.25, 0.3) is 0 Å². The molecule has 0 aromatic heterocycles. The lowest BCUT2D eigenvalue weighted by molar-refractivity contribution is -0.127. The molecule has 0 heterocycles. The van der Waals surface area contributed by atoms with Gasteiger partial charge >= 0.3 is 0 Å². The van der Waals surface area contributed by atoms with Gasteiger partial charge in [-0.05, 0) is 20.3 Å². The quantitative estimate of drug-likeness (QED) is 0.285. The van der Waals surface area contributed by atoms with Crippen molar-refractivity contribution in [1.29, 1.82) is 0 Å². The summed E-state index contributed by atoms with van der Waals surface area (Å²) in [5.74, 6) is 0.734. The number of rotatable bonds is 8. The van der Waals surface area contributed by atoms with Crippen molar-refractivity contribution in [1.82, 2.24) is 15.5 Å². The van der Waals surface area contributed by atoms with Crippen LogP contribution in [0.1, 0.15) is 46.5 Å². The van der Waals surface area contributed by atoms with Gasteiger partial charge in [-0.25, -0.2) is 4.99 Å². The zero-order valence-electron chi connectivity index (χ0n) is 13.5. The third-order valence-corrected chi connectivity index (χ3v) is 2.84. The summed E-state index contributed by atoms with van der Waals surface area (Å²) in [5.41, 5.74) is 0. The molecule has 0 aliphatic carbocycles. The van der Waals surface area contributed by atoms with Gasteiger partial charge < -0.3 is 15.5 Å². The Labute approximate surface area is 141 Å². The summed E-state index contributed by atoms with van der Waals surface area (Å²) in [7, 11) is 3.48. The van der Waals surface area contributed by atoms with Crippen molar-refractivity contribution in [3.8, 4) is 0 Å². The van der Waals surface area contributed by atoms with Crippen LogP contribution in [0.3, 0.4) is 0 Å². The van der Waals surface area contributed by atoms with Crippen molar-refractivity contribution in [2.75, 3.05) is 27.2 Å². The second kappa shape index (κ2) is 13.5. The van der Waals surface area contributed by atoms with Gasteiger partial charge in [0.15, 0.2) is 5.96 Å². The third kappa shape index (κ3) is 11.3. The lowest BCUT2D eigenvalue weighted by atomic mass is 10.1. The van der Waals surface area contributed by atoms with Crippen LogP contribution in [0.4, 0.5) is 0 Å². The number of unbranched alkanes of at least 4 members (excludes halogenated alkanes) is 2. The highest BCUT2D eigenvalue weighted by Crippen LogP contribution is 2.02. The number of halogens is 1. The molecule has 0 aromatic carbocycles. The number of nitrogens with zero attached hydrogens (tertiary/aromatic N) is 2. The Kier molecular flexibility index (Phi) is 14.6. The van der Waals surface area contributed by atoms with Gasteiger partial charge in [-0.3, -0.25) is 4.79 Å². The monoisotopic (exact) mass is 398 g/mol. The second-order valence-corrected chi connectivity index (χ2v) is 5.02. The lowest BCUT2D eigenvalue weighted by Gasteiger charge is -2.18. The number of guanidine groups is 1. The number of carbonyl (C=O) groups excluding carboxylic acids is 1. The zero-order chi connectivity index (χ0) is 14.7. The molecule has 1 amide bonds. The molecule has 1 atom stereocenters. The van der Waals surface area contributed by atoms with Crippen LogP contribution in [-0.4, -0.2) is 50.0 Å². The standard InChI is InChI=1S/C14H30N4O.HI/c1-6-8-9-10-12(3)17-14(15-7-2)16-11-13(19)18(4)5;/h12H,6-11H2,1-5H3,(H2,15,16,17);1H. The maximum atomic E-state index is 11.5. The Morgan fingerprint density at radius 3 is 2.40 bits per heavy atom. The zero-order valence-corrected chi connectivity index (χ0v) is 15.9. The van der Waals surface area contributed by atoms with E-state index in [9.17, 15) is 4.79 Å². The minimum atomic E-state index is 0. The molecule has 0 saturated heterocycles. The van der Waals surface area contributed by atoms with Crippen molar-refractivity contribution >= 4 is 35.8 Å². The van der Waals surface area contributed by atoms with E-state index in [1.54, 1.807) is 19.0 Å². The van der Waals surface area contributed by atoms with E-state index < -0.39 is 0 Å². The highest BCUT2D eigenvalue weighted by atomic mass is 127. The van der Waals surface area contributed by atoms with Crippen molar-refractivity contribution < 1.29 is 4.79 Å². The van der Waals surface area contributed by atoms with Gasteiger partial charge in [0.1, 0.15) is 6.54 Å². The fourth-order valence-electron chi connectivity index (χ4n) is 1.61. The van der Waals surface area contributed by atoms with Crippen LogP contribution in [-0.2, 0) is 4.79 Å². The maximum Gasteiger partial charge on any atom is 0.243 e. The average Bonchev–Trinajstić information content (AvgIpc) is 2.36. The topological polar surface area (TPSA) is 56.7 Å². The van der Waals surface area contributed by atoms with E-state index in [1.807, 2.05) is 6.92 Å². The fourth-order valence-corrected chi connectivity index (χ4v) is 1.61. The largest absolute Gasteiger partial charge is 0.357 e. The molecule has 0 fully saturated rings. The summed E-state index contributed by atoms with van der Waals surface area (Å²) in [4.78, 5) is 17.4. The Balaban J connectivity index is 0. The van der Waals surface area contributed by atoms with Crippen molar-refractivity contribution in [2.24, 2.45) is 4.99 Å². The van der Waals surface area contributed by atoms with Crippen LogP contribution < -0.4 is 10.6 Å². The summed E-state index contributed by atoms with van der Waals surface area (Å²) in [6, 6.07) is 0.374. The third-order valence-electron chi connectivity index (χ3n) is 2.84. The summed E-state index contributed by atoms with van der Waals surface area (Å²) in [6.45, 7) is 7.35. The molecule has 0 rings (SSSR count). The van der Waals surface area contributed by atoms with Crippen LogP contribution in [0.5, 0.6) is 0 Å². The normalized spacial score (nSPS) is 12.3. The van der Waals surface area contributed by atoms with Gasteiger partial charge in [0.25, 0.3) is 0 Å². The van der Waals surface area contributed by atoms with Gasteiger partial charge in [-0.2, -0.15) is 0 Å². The Bertz CT molecular complexity index is 282. The summed E-state index contributed by atoms with van der Waals surface area (Å²) in [6.07, 6.45) is 4.84. The SMILES string of the molecule is CCCCCC(C)NC(=NCC(=O)N(C)C)NCC.I. The van der Waals surface area contributed by atoms with Gasteiger partial charge in [-0.1, -0.05) is 26.2 Å². The highest BCUT2D eigenvalue weighted by Gasteiger charge is 2.07. The van der Waals surface area contributed by atoms with Crippen molar-refractivity contribution in [2.45, 2.75) is 52.5 Å². The summed E-state index contributed by atoms with van der Waals surface area (Å²) in [5, 5.41) is 6.51. The Morgan fingerprint density at radius 1 is 1.25 bits per heavy atom. The molecule has 0 radical (unpaired) electrons. The van der Waals surface area contributed by atoms with Crippen molar-refractivity contribution in [3.63, 3.8) is 0 Å². The number of nitrogens with one attached hydrogen (secondary N) is 2. The highest BCUT2D eigenvalue weighted by molar-refractivity contribution is 14.0. The first-order valence-electron chi connectivity index (χ1n) is 7.26. The molecule has 0 aromatic rings. The number of hydrogen-bond acceptors (Lipinski definition) is 2. The van der Waals surface area contributed by atoms with E-state index in [2.05, 4.69) is 29.5 Å². The second-order valence-electron chi connectivity index (χ2n) is 5.02. The Hall–Kier alpha value is -0.530. The predicted molar refractivity (Wildman–Crippen MR) is 96.8 cm³/mol. The number of carbonyl (C=O) groups is 1. The van der Waals surface area contributed by atoms with Gasteiger partial charge in [0.2, 0.25) is 5.91 Å². The molecule has 0 bridgehead atoms. The minimum Gasteiger partial charge on any atom is -0.357 e. The summed E-state index contributed by atoms with van der Waals surface area (Å²) >= 11 is 0. The first-order chi connectivity index (χ1) is 9.01. The van der Waals surface area contributed by atoms with Crippen LogP contribution >= 0.6 is 24.0 Å². The molecular weight excluding hydrogens is 367 g/mol. The predicted octanol–water partition coefficient (Wildman–Crippen LogP) is 2.22. The van der Waals surface area contributed by atoms with Gasteiger partial charge in [-0.15, -0.1) is 24.0 Å². The first kappa shape index (κ1) is 21.8. The number of hydrogen-bond donors (Lipinski definition) is 2. The van der Waals surface area contributed by atoms with E-state index in [-0.39, 0.29) is 36.4 Å².